The summed E-state index contributed by atoms with van der Waals surface area (Å²) in [7, 11) is 1.99. The van der Waals surface area contributed by atoms with E-state index < -0.39 is 5.97 Å². The Hall–Kier alpha value is -1.51. The quantitative estimate of drug-likeness (QED) is 0.830. The zero-order valence-corrected chi connectivity index (χ0v) is 10.2. The van der Waals surface area contributed by atoms with Gasteiger partial charge in [0.05, 0.1) is 0 Å². The fourth-order valence-electron chi connectivity index (χ4n) is 1.56. The Morgan fingerprint density at radius 2 is 2.00 bits per heavy atom. The molecule has 1 aromatic carbocycles. The van der Waals surface area contributed by atoms with Crippen molar-refractivity contribution in [2.24, 2.45) is 0 Å². The highest BCUT2D eigenvalue weighted by atomic mass is 16.4. The van der Waals surface area contributed by atoms with E-state index in [9.17, 15) is 4.79 Å². The third-order valence-electron chi connectivity index (χ3n) is 2.82. The smallest absolute Gasteiger partial charge is 0.303 e. The second-order valence-electron chi connectivity index (χ2n) is 4.19. The fraction of sp³-hybridized carbons (Fsp3) is 0.462. The molecule has 1 N–H and O–H groups in total. The van der Waals surface area contributed by atoms with Crippen molar-refractivity contribution in [1.29, 1.82) is 0 Å². The molecule has 1 rings (SSSR count). The van der Waals surface area contributed by atoms with Gasteiger partial charge in [0.1, 0.15) is 0 Å². The van der Waals surface area contributed by atoms with E-state index in [1.54, 1.807) is 0 Å². The van der Waals surface area contributed by atoms with Crippen molar-refractivity contribution in [2.45, 2.75) is 26.7 Å². The zero-order valence-electron chi connectivity index (χ0n) is 10.2. The number of anilines is 1. The number of aryl methyl sites for hydroxylation is 2. The van der Waals surface area contributed by atoms with Gasteiger partial charge >= 0.3 is 5.97 Å². The predicted octanol–water partition coefficient (Wildman–Crippen LogP) is 2.60. The van der Waals surface area contributed by atoms with Crippen LogP contribution in [0.25, 0.3) is 0 Å². The number of carbonyl (C=O) groups is 1. The summed E-state index contributed by atoms with van der Waals surface area (Å²) in [6.07, 6.45) is 0.911. The number of hydrogen-bond acceptors (Lipinski definition) is 2. The lowest BCUT2D eigenvalue weighted by Gasteiger charge is -2.19. The van der Waals surface area contributed by atoms with E-state index >= 15 is 0 Å². The van der Waals surface area contributed by atoms with E-state index in [4.69, 9.17) is 5.11 Å². The molecule has 16 heavy (non-hydrogen) atoms. The molecule has 1 aromatic rings. The van der Waals surface area contributed by atoms with Gasteiger partial charge in [-0.15, -0.1) is 0 Å². The average molecular weight is 221 g/mol. The molecule has 0 atom stereocenters. The molecule has 0 aliphatic heterocycles. The Morgan fingerprint density at radius 3 is 2.56 bits per heavy atom. The van der Waals surface area contributed by atoms with Gasteiger partial charge in [0.15, 0.2) is 0 Å². The predicted molar refractivity (Wildman–Crippen MR) is 66.1 cm³/mol. The van der Waals surface area contributed by atoms with Gasteiger partial charge in [-0.25, -0.2) is 0 Å². The Morgan fingerprint density at radius 1 is 1.31 bits per heavy atom. The first-order valence-electron chi connectivity index (χ1n) is 5.51. The molecule has 3 heteroatoms. The number of hydrogen-bond donors (Lipinski definition) is 1. The van der Waals surface area contributed by atoms with Crippen molar-refractivity contribution in [3.05, 3.63) is 29.3 Å². The van der Waals surface area contributed by atoms with Crippen LogP contribution in [0.15, 0.2) is 18.2 Å². The minimum absolute atomic E-state index is 0.231. The molecule has 0 radical (unpaired) electrons. The highest BCUT2D eigenvalue weighted by Gasteiger charge is 2.03. The van der Waals surface area contributed by atoms with Gasteiger partial charge in [0.2, 0.25) is 0 Å². The van der Waals surface area contributed by atoms with Crippen molar-refractivity contribution in [3.8, 4) is 0 Å². The van der Waals surface area contributed by atoms with E-state index in [1.165, 1.54) is 11.1 Å². The van der Waals surface area contributed by atoms with Crippen molar-refractivity contribution < 1.29 is 9.90 Å². The third-order valence-corrected chi connectivity index (χ3v) is 2.82. The summed E-state index contributed by atoms with van der Waals surface area (Å²) >= 11 is 0. The molecule has 0 aliphatic carbocycles. The average Bonchev–Trinajstić information content (AvgIpc) is 2.21. The summed E-state index contributed by atoms with van der Waals surface area (Å²) < 4.78 is 0. The summed E-state index contributed by atoms with van der Waals surface area (Å²) in [5, 5.41) is 8.56. The van der Waals surface area contributed by atoms with Gasteiger partial charge in [-0.3, -0.25) is 4.79 Å². The van der Waals surface area contributed by atoms with Gasteiger partial charge in [0.25, 0.3) is 0 Å². The van der Waals surface area contributed by atoms with Crippen molar-refractivity contribution in [1.82, 2.24) is 0 Å². The first-order chi connectivity index (χ1) is 7.50. The van der Waals surface area contributed by atoms with Gasteiger partial charge in [0, 0.05) is 25.7 Å². The monoisotopic (exact) mass is 221 g/mol. The minimum Gasteiger partial charge on any atom is -0.481 e. The van der Waals surface area contributed by atoms with Crippen LogP contribution in [-0.2, 0) is 4.79 Å². The lowest BCUT2D eigenvalue weighted by Crippen LogP contribution is -2.19. The normalized spacial score (nSPS) is 10.2. The van der Waals surface area contributed by atoms with E-state index in [2.05, 4.69) is 36.9 Å². The Kier molecular flexibility index (Phi) is 4.35. The van der Waals surface area contributed by atoms with E-state index in [1.807, 2.05) is 7.05 Å². The van der Waals surface area contributed by atoms with Gasteiger partial charge < -0.3 is 10.0 Å². The summed E-state index contributed by atoms with van der Waals surface area (Å²) in [5.74, 6) is -0.728. The topological polar surface area (TPSA) is 40.5 Å². The largest absolute Gasteiger partial charge is 0.481 e. The molecule has 0 bridgehead atoms. The van der Waals surface area contributed by atoms with E-state index in [0.29, 0.717) is 6.42 Å². The molecular formula is C13H19NO2. The molecule has 0 aromatic heterocycles. The molecule has 0 saturated heterocycles. The first kappa shape index (κ1) is 12.6. The minimum atomic E-state index is -0.728. The van der Waals surface area contributed by atoms with Crippen molar-refractivity contribution >= 4 is 11.7 Å². The van der Waals surface area contributed by atoms with E-state index in [-0.39, 0.29) is 6.42 Å². The van der Waals surface area contributed by atoms with E-state index in [0.717, 1.165) is 12.2 Å². The van der Waals surface area contributed by atoms with Crippen LogP contribution < -0.4 is 4.90 Å². The summed E-state index contributed by atoms with van der Waals surface area (Å²) in [4.78, 5) is 12.5. The molecule has 0 spiro atoms. The fourth-order valence-corrected chi connectivity index (χ4v) is 1.56. The first-order valence-corrected chi connectivity index (χ1v) is 5.51. The second kappa shape index (κ2) is 5.54. The van der Waals surface area contributed by atoms with Crippen LogP contribution in [0.4, 0.5) is 5.69 Å². The Balaban J connectivity index is 2.55. The van der Waals surface area contributed by atoms with Crippen LogP contribution in [-0.4, -0.2) is 24.7 Å². The summed E-state index contributed by atoms with van der Waals surface area (Å²) in [6, 6.07) is 6.30. The van der Waals surface area contributed by atoms with Crippen LogP contribution >= 0.6 is 0 Å². The molecule has 0 heterocycles. The number of carboxylic acid groups (broad SMARTS) is 1. The van der Waals surface area contributed by atoms with Crippen LogP contribution in [0.3, 0.4) is 0 Å². The lowest BCUT2D eigenvalue weighted by atomic mass is 10.1. The highest BCUT2D eigenvalue weighted by molar-refractivity contribution is 5.66. The summed E-state index contributed by atoms with van der Waals surface area (Å²) in [5.41, 5.74) is 3.69. The molecule has 88 valence electrons. The molecule has 0 saturated carbocycles. The number of nitrogens with zero attached hydrogens (tertiary/aromatic N) is 1. The Bertz CT molecular complexity index is 374. The van der Waals surface area contributed by atoms with Crippen molar-refractivity contribution in [2.75, 3.05) is 18.5 Å². The van der Waals surface area contributed by atoms with Gasteiger partial charge in [-0.2, -0.15) is 0 Å². The van der Waals surface area contributed by atoms with Crippen LogP contribution in [0.5, 0.6) is 0 Å². The molecule has 0 aliphatic rings. The molecule has 0 amide bonds. The number of aliphatic carboxylic acids is 1. The SMILES string of the molecule is Cc1ccc(N(C)CCCC(=O)O)cc1C. The van der Waals surface area contributed by atoms with Gasteiger partial charge in [-0.1, -0.05) is 6.07 Å². The molecule has 0 unspecified atom stereocenters. The van der Waals surface area contributed by atoms with Crippen LogP contribution in [0.1, 0.15) is 24.0 Å². The number of benzene rings is 1. The zero-order chi connectivity index (χ0) is 12.1. The highest BCUT2D eigenvalue weighted by Crippen LogP contribution is 2.17. The molecular weight excluding hydrogens is 202 g/mol. The number of rotatable bonds is 5. The maximum absolute atomic E-state index is 10.4. The van der Waals surface area contributed by atoms with Crippen LogP contribution in [0.2, 0.25) is 0 Å². The van der Waals surface area contributed by atoms with Crippen LogP contribution in [0, 0.1) is 13.8 Å². The maximum atomic E-state index is 10.4. The number of carboxylic acids is 1. The van der Waals surface area contributed by atoms with Crippen molar-refractivity contribution in [3.63, 3.8) is 0 Å². The third kappa shape index (κ3) is 3.57. The summed E-state index contributed by atoms with van der Waals surface area (Å²) in [6.45, 7) is 4.95. The molecule has 0 fully saturated rings. The lowest BCUT2D eigenvalue weighted by molar-refractivity contribution is -0.137. The maximum Gasteiger partial charge on any atom is 0.303 e. The Labute approximate surface area is 96.7 Å². The second-order valence-corrected chi connectivity index (χ2v) is 4.19. The van der Waals surface area contributed by atoms with Gasteiger partial charge in [-0.05, 0) is 43.5 Å². The standard InChI is InChI=1S/C13H19NO2/c1-10-6-7-12(9-11(10)2)14(3)8-4-5-13(15)16/h6-7,9H,4-5,8H2,1-3H3,(H,15,16). The molecule has 3 nitrogen and oxygen atoms in total.